The Labute approximate surface area is 150 Å². The molecular formula is C18H23F2N5O. The quantitative estimate of drug-likeness (QED) is 0.841. The number of carbonyl (C=O) groups is 1. The van der Waals surface area contributed by atoms with Gasteiger partial charge in [0, 0.05) is 57.8 Å². The topological polar surface area (TPSA) is 53.7 Å². The number of fused-ring (bicyclic) bond motifs is 1. The molecule has 2 aliphatic rings. The summed E-state index contributed by atoms with van der Waals surface area (Å²) in [6.07, 6.45) is 7.19. The maximum absolute atomic E-state index is 13.2. The maximum atomic E-state index is 13.2. The third kappa shape index (κ3) is 3.50. The average Bonchev–Trinajstić information content (AvgIpc) is 3.11. The van der Waals surface area contributed by atoms with Gasteiger partial charge in [-0.15, -0.1) is 0 Å². The van der Waals surface area contributed by atoms with Crippen molar-refractivity contribution in [3.8, 4) is 0 Å². The summed E-state index contributed by atoms with van der Waals surface area (Å²) in [4.78, 5) is 20.8. The molecule has 0 radical (unpaired) electrons. The summed E-state index contributed by atoms with van der Waals surface area (Å²) in [6, 6.07) is 1.95. The van der Waals surface area contributed by atoms with E-state index < -0.39 is 5.92 Å². The number of aromatic nitrogens is 3. The molecular weight excluding hydrogens is 340 g/mol. The minimum Gasteiger partial charge on any atom is -0.355 e. The SMILES string of the molecule is O=C(CC1CCN(c2nccn3nccc23)CC1)N1CCC(F)(F)CC1. The molecule has 0 saturated carbocycles. The Kier molecular flexibility index (Phi) is 4.50. The van der Waals surface area contributed by atoms with Gasteiger partial charge in [-0.05, 0) is 24.8 Å². The highest BCUT2D eigenvalue weighted by atomic mass is 19.3. The monoisotopic (exact) mass is 363 g/mol. The van der Waals surface area contributed by atoms with Crippen LogP contribution in [0.4, 0.5) is 14.6 Å². The minimum absolute atomic E-state index is 0.0231. The molecule has 4 rings (SSSR count). The van der Waals surface area contributed by atoms with Crippen LogP contribution in [0.5, 0.6) is 0 Å². The van der Waals surface area contributed by atoms with Crippen LogP contribution in [0.1, 0.15) is 32.1 Å². The molecule has 2 aromatic heterocycles. The standard InChI is InChI=1S/C18H23F2N5O/c19-18(20)4-10-23(11-5-18)16(26)13-14-2-8-24(9-3-14)17-15-1-6-22-25(15)12-7-21-17/h1,6-7,12,14H,2-5,8-11,13H2. The lowest BCUT2D eigenvalue weighted by atomic mass is 9.92. The van der Waals surface area contributed by atoms with Crippen molar-refractivity contribution in [2.24, 2.45) is 5.92 Å². The fourth-order valence-electron chi connectivity index (χ4n) is 3.90. The molecule has 0 atom stereocenters. The number of carbonyl (C=O) groups excluding carboxylic acids is 1. The predicted molar refractivity (Wildman–Crippen MR) is 93.3 cm³/mol. The van der Waals surface area contributed by atoms with Gasteiger partial charge in [0.25, 0.3) is 5.92 Å². The van der Waals surface area contributed by atoms with Crippen molar-refractivity contribution in [2.75, 3.05) is 31.1 Å². The molecule has 1 amide bonds. The van der Waals surface area contributed by atoms with E-state index in [1.807, 2.05) is 16.8 Å². The van der Waals surface area contributed by atoms with Gasteiger partial charge in [-0.1, -0.05) is 0 Å². The smallest absolute Gasteiger partial charge is 0.251 e. The molecule has 6 nitrogen and oxygen atoms in total. The lowest BCUT2D eigenvalue weighted by Crippen LogP contribution is -2.44. The molecule has 26 heavy (non-hydrogen) atoms. The van der Waals surface area contributed by atoms with E-state index in [-0.39, 0.29) is 31.8 Å². The molecule has 4 heterocycles. The van der Waals surface area contributed by atoms with E-state index in [2.05, 4.69) is 15.0 Å². The molecule has 2 saturated heterocycles. The maximum Gasteiger partial charge on any atom is 0.251 e. The average molecular weight is 363 g/mol. The van der Waals surface area contributed by atoms with E-state index in [1.54, 1.807) is 17.3 Å². The highest BCUT2D eigenvalue weighted by Gasteiger charge is 2.36. The van der Waals surface area contributed by atoms with Gasteiger partial charge in [0.05, 0.1) is 6.20 Å². The molecule has 0 spiro atoms. The summed E-state index contributed by atoms with van der Waals surface area (Å²) in [5.74, 6) is -1.35. The fourth-order valence-corrected chi connectivity index (χ4v) is 3.90. The Morgan fingerprint density at radius 3 is 2.62 bits per heavy atom. The van der Waals surface area contributed by atoms with Gasteiger partial charge in [-0.3, -0.25) is 4.79 Å². The molecule has 140 valence electrons. The zero-order valence-electron chi connectivity index (χ0n) is 14.7. The van der Waals surface area contributed by atoms with E-state index in [4.69, 9.17) is 0 Å². The number of amides is 1. The second-order valence-corrected chi connectivity index (χ2v) is 7.28. The first-order valence-corrected chi connectivity index (χ1v) is 9.21. The normalized spacial score (nSPS) is 21.3. The van der Waals surface area contributed by atoms with E-state index >= 15 is 0 Å². The van der Waals surface area contributed by atoms with Crippen LogP contribution in [-0.4, -0.2) is 57.5 Å². The number of hydrogen-bond acceptors (Lipinski definition) is 4. The first-order chi connectivity index (χ1) is 12.5. The van der Waals surface area contributed by atoms with Crippen LogP contribution in [0, 0.1) is 5.92 Å². The first-order valence-electron chi connectivity index (χ1n) is 9.21. The Hall–Kier alpha value is -2.25. The molecule has 0 unspecified atom stereocenters. The van der Waals surface area contributed by atoms with Crippen LogP contribution in [0.2, 0.25) is 0 Å². The molecule has 0 aliphatic carbocycles. The number of likely N-dealkylation sites (tertiary alicyclic amines) is 1. The number of alkyl halides is 2. The van der Waals surface area contributed by atoms with Crippen molar-refractivity contribution >= 4 is 17.2 Å². The Morgan fingerprint density at radius 1 is 1.15 bits per heavy atom. The fraction of sp³-hybridized carbons (Fsp3) is 0.611. The molecule has 2 aliphatic heterocycles. The van der Waals surface area contributed by atoms with Crippen molar-refractivity contribution in [1.82, 2.24) is 19.5 Å². The number of halogens is 2. The third-order valence-electron chi connectivity index (χ3n) is 5.53. The van der Waals surface area contributed by atoms with E-state index in [1.165, 1.54) is 0 Å². The summed E-state index contributed by atoms with van der Waals surface area (Å²) in [5.41, 5.74) is 0.983. The van der Waals surface area contributed by atoms with Gasteiger partial charge < -0.3 is 9.80 Å². The van der Waals surface area contributed by atoms with Crippen molar-refractivity contribution in [1.29, 1.82) is 0 Å². The summed E-state index contributed by atoms with van der Waals surface area (Å²) in [7, 11) is 0. The zero-order chi connectivity index (χ0) is 18.1. The Morgan fingerprint density at radius 2 is 1.88 bits per heavy atom. The second kappa shape index (κ2) is 6.81. The van der Waals surface area contributed by atoms with Gasteiger partial charge in [0.15, 0.2) is 5.82 Å². The van der Waals surface area contributed by atoms with Crippen LogP contribution in [-0.2, 0) is 4.79 Å². The molecule has 2 aromatic rings. The lowest BCUT2D eigenvalue weighted by molar-refractivity contribution is -0.138. The molecule has 2 fully saturated rings. The second-order valence-electron chi connectivity index (χ2n) is 7.28. The minimum atomic E-state index is -2.61. The van der Waals surface area contributed by atoms with Crippen LogP contribution >= 0.6 is 0 Å². The number of piperidine rings is 2. The number of hydrogen-bond donors (Lipinski definition) is 0. The highest BCUT2D eigenvalue weighted by Crippen LogP contribution is 2.30. The molecule has 0 aromatic carbocycles. The summed E-state index contributed by atoms with van der Waals surface area (Å²) in [6.45, 7) is 2.04. The van der Waals surface area contributed by atoms with Crippen LogP contribution in [0.3, 0.4) is 0 Å². The summed E-state index contributed by atoms with van der Waals surface area (Å²) in [5, 5.41) is 4.24. The predicted octanol–water partition coefficient (Wildman–Crippen LogP) is 2.59. The van der Waals surface area contributed by atoms with Gasteiger partial charge in [0.2, 0.25) is 5.91 Å². The molecule has 8 heteroatoms. The highest BCUT2D eigenvalue weighted by molar-refractivity contribution is 5.76. The summed E-state index contributed by atoms with van der Waals surface area (Å²) >= 11 is 0. The number of anilines is 1. The van der Waals surface area contributed by atoms with E-state index in [0.29, 0.717) is 12.3 Å². The van der Waals surface area contributed by atoms with Gasteiger partial charge >= 0.3 is 0 Å². The third-order valence-corrected chi connectivity index (χ3v) is 5.53. The lowest BCUT2D eigenvalue weighted by Gasteiger charge is -2.35. The number of rotatable bonds is 3. The molecule has 0 bridgehead atoms. The van der Waals surface area contributed by atoms with Crippen molar-refractivity contribution in [3.63, 3.8) is 0 Å². The first kappa shape index (κ1) is 17.2. The van der Waals surface area contributed by atoms with Gasteiger partial charge in [-0.25, -0.2) is 18.3 Å². The van der Waals surface area contributed by atoms with Crippen molar-refractivity contribution < 1.29 is 13.6 Å². The van der Waals surface area contributed by atoms with E-state index in [9.17, 15) is 13.6 Å². The van der Waals surface area contributed by atoms with Crippen LogP contribution in [0.25, 0.3) is 5.52 Å². The van der Waals surface area contributed by atoms with Crippen LogP contribution < -0.4 is 4.90 Å². The molecule has 0 N–H and O–H groups in total. The van der Waals surface area contributed by atoms with Crippen LogP contribution in [0.15, 0.2) is 24.7 Å². The zero-order valence-corrected chi connectivity index (χ0v) is 14.7. The van der Waals surface area contributed by atoms with Gasteiger partial charge in [0.1, 0.15) is 5.52 Å². The van der Waals surface area contributed by atoms with Crippen molar-refractivity contribution in [2.45, 2.75) is 38.0 Å². The van der Waals surface area contributed by atoms with E-state index in [0.717, 1.165) is 37.3 Å². The Bertz CT molecular complexity index is 775. The van der Waals surface area contributed by atoms with Gasteiger partial charge in [-0.2, -0.15) is 5.10 Å². The number of nitrogens with zero attached hydrogens (tertiary/aromatic N) is 5. The largest absolute Gasteiger partial charge is 0.355 e. The Balaban J connectivity index is 1.31. The van der Waals surface area contributed by atoms with Crippen molar-refractivity contribution in [3.05, 3.63) is 24.7 Å². The summed E-state index contributed by atoms with van der Waals surface area (Å²) < 4.78 is 28.3.